The number of sulfonamides is 1. The Hall–Kier alpha value is -0.980. The van der Waals surface area contributed by atoms with E-state index in [1.54, 1.807) is 41.5 Å². The Kier molecular flexibility index (Phi) is 5.12. The highest BCUT2D eigenvalue weighted by Gasteiger charge is 2.30. The number of carbonyl (C=O) groups excluding carboxylic acids is 1. The van der Waals surface area contributed by atoms with E-state index in [9.17, 15) is 17.6 Å². The molecule has 0 aromatic heterocycles. The molecule has 1 aromatic rings. The van der Waals surface area contributed by atoms with Crippen molar-refractivity contribution >= 4 is 27.4 Å². The van der Waals surface area contributed by atoms with Gasteiger partial charge in [-0.3, -0.25) is 4.79 Å². The van der Waals surface area contributed by atoms with Crippen molar-refractivity contribution in [3.63, 3.8) is 0 Å². The van der Waals surface area contributed by atoms with Crippen molar-refractivity contribution in [2.24, 2.45) is 5.41 Å². The van der Waals surface area contributed by atoms with Crippen molar-refractivity contribution < 1.29 is 17.6 Å². The van der Waals surface area contributed by atoms with E-state index in [-0.39, 0.29) is 16.4 Å². The van der Waals surface area contributed by atoms with Crippen LogP contribution in [0.2, 0.25) is 5.02 Å². The lowest BCUT2D eigenvalue weighted by Crippen LogP contribution is -2.40. The molecule has 0 bridgehead atoms. The van der Waals surface area contributed by atoms with Gasteiger partial charge >= 0.3 is 0 Å². The van der Waals surface area contributed by atoms with Gasteiger partial charge in [-0.25, -0.2) is 17.5 Å². The fourth-order valence-corrected chi connectivity index (χ4v) is 3.51. The van der Waals surface area contributed by atoms with Crippen LogP contribution >= 0.6 is 11.6 Å². The predicted octanol–water partition coefficient (Wildman–Crippen LogP) is 3.78. The zero-order valence-corrected chi connectivity index (χ0v) is 15.1. The largest absolute Gasteiger partial charge is 0.294 e. The maximum absolute atomic E-state index is 14.0. The normalized spacial score (nSPS) is 13.3. The van der Waals surface area contributed by atoms with E-state index in [0.29, 0.717) is 0 Å². The molecule has 0 saturated carbocycles. The lowest BCUT2D eigenvalue weighted by molar-refractivity contribution is 0.0858. The number of rotatable bonds is 3. The van der Waals surface area contributed by atoms with Crippen molar-refractivity contribution in [1.82, 2.24) is 4.72 Å². The molecular formula is C15H21ClFNO3S. The molecule has 0 unspecified atom stereocenters. The van der Waals surface area contributed by atoms with Gasteiger partial charge in [0.05, 0.1) is 5.02 Å². The lowest BCUT2D eigenvalue weighted by Gasteiger charge is -2.22. The molecule has 0 saturated heterocycles. The van der Waals surface area contributed by atoms with Crippen LogP contribution in [0, 0.1) is 11.2 Å². The zero-order chi connectivity index (χ0) is 17.5. The summed E-state index contributed by atoms with van der Waals surface area (Å²) in [5, 5.41) is -0.105. The number of Topliss-reactive ketones (excluding diaryl/α,β-unsaturated/α-hetero) is 1. The summed E-state index contributed by atoms with van der Waals surface area (Å²) in [7, 11) is -4.10. The van der Waals surface area contributed by atoms with Crippen LogP contribution in [0.4, 0.5) is 4.39 Å². The number of hydrogen-bond acceptors (Lipinski definition) is 3. The highest BCUT2D eigenvalue weighted by molar-refractivity contribution is 7.89. The molecular weight excluding hydrogens is 329 g/mol. The van der Waals surface area contributed by atoms with Crippen LogP contribution in [0.15, 0.2) is 17.0 Å². The lowest BCUT2D eigenvalue weighted by atomic mass is 9.86. The monoisotopic (exact) mass is 349 g/mol. The number of halogens is 2. The fourth-order valence-electron chi connectivity index (χ4n) is 1.77. The first-order valence-electron chi connectivity index (χ1n) is 6.73. The Labute approximate surface area is 136 Å². The minimum Gasteiger partial charge on any atom is -0.294 e. The minimum atomic E-state index is -4.10. The molecule has 7 heteroatoms. The van der Waals surface area contributed by atoms with E-state index in [0.717, 1.165) is 12.1 Å². The predicted molar refractivity (Wildman–Crippen MR) is 85.3 cm³/mol. The van der Waals surface area contributed by atoms with E-state index in [2.05, 4.69) is 4.72 Å². The molecule has 1 aromatic carbocycles. The molecule has 22 heavy (non-hydrogen) atoms. The SMILES string of the molecule is CC(C)(C)NS(=O)(=O)c1cc(C(=O)C(C)(C)C)c(Cl)cc1F. The standard InChI is InChI=1S/C15H21ClFNO3S/c1-14(2,3)13(19)9-7-12(11(17)8-10(9)16)22(20,21)18-15(4,5)6/h7-8,18H,1-6H3. The number of nitrogens with one attached hydrogen (secondary N) is 1. The smallest absolute Gasteiger partial charge is 0.243 e. The van der Waals surface area contributed by atoms with E-state index < -0.39 is 31.7 Å². The maximum atomic E-state index is 14.0. The average Bonchev–Trinajstić information content (AvgIpc) is 2.22. The molecule has 1 N–H and O–H groups in total. The summed E-state index contributed by atoms with van der Waals surface area (Å²) in [6, 6.07) is 1.86. The van der Waals surface area contributed by atoms with Gasteiger partial charge in [-0.15, -0.1) is 0 Å². The van der Waals surface area contributed by atoms with Crippen LogP contribution in [0.25, 0.3) is 0 Å². The molecule has 0 aliphatic heterocycles. The second-order valence-electron chi connectivity index (χ2n) is 7.20. The molecule has 124 valence electrons. The molecule has 4 nitrogen and oxygen atoms in total. The van der Waals surface area contributed by atoms with Crippen LogP contribution in [0.3, 0.4) is 0 Å². The van der Waals surface area contributed by atoms with Gasteiger partial charge in [0.25, 0.3) is 0 Å². The number of benzene rings is 1. The van der Waals surface area contributed by atoms with Gasteiger partial charge in [0.2, 0.25) is 10.0 Å². The van der Waals surface area contributed by atoms with Crippen molar-refractivity contribution in [2.45, 2.75) is 52.0 Å². The molecule has 0 atom stereocenters. The van der Waals surface area contributed by atoms with Crippen molar-refractivity contribution in [1.29, 1.82) is 0 Å². The minimum absolute atomic E-state index is 0.00940. The second-order valence-corrected chi connectivity index (χ2v) is 9.26. The van der Waals surface area contributed by atoms with Crippen molar-refractivity contribution in [3.05, 3.63) is 28.5 Å². The Morgan fingerprint density at radius 2 is 1.64 bits per heavy atom. The van der Waals surface area contributed by atoms with Crippen LogP contribution in [0.5, 0.6) is 0 Å². The van der Waals surface area contributed by atoms with Crippen molar-refractivity contribution in [3.8, 4) is 0 Å². The molecule has 0 aliphatic carbocycles. The average molecular weight is 350 g/mol. The number of hydrogen-bond donors (Lipinski definition) is 1. The molecule has 1 rings (SSSR count). The van der Waals surface area contributed by atoms with Gasteiger partial charge in [0.15, 0.2) is 5.78 Å². The Morgan fingerprint density at radius 1 is 1.14 bits per heavy atom. The van der Waals surface area contributed by atoms with Gasteiger partial charge in [0, 0.05) is 16.5 Å². The molecule has 0 radical (unpaired) electrons. The molecule has 0 fully saturated rings. The first-order chi connectivity index (χ1) is 9.65. The summed E-state index contributed by atoms with van der Waals surface area (Å²) in [6.07, 6.45) is 0. The molecule has 0 amide bonds. The zero-order valence-electron chi connectivity index (χ0n) is 13.5. The summed E-state index contributed by atoms with van der Waals surface area (Å²) < 4.78 is 41.0. The topological polar surface area (TPSA) is 63.2 Å². The first-order valence-corrected chi connectivity index (χ1v) is 8.59. The Morgan fingerprint density at radius 3 is 2.05 bits per heavy atom. The third kappa shape index (κ3) is 4.51. The van der Waals surface area contributed by atoms with E-state index >= 15 is 0 Å². The Balaban J connectivity index is 3.50. The quantitative estimate of drug-likeness (QED) is 0.844. The van der Waals surface area contributed by atoms with E-state index in [4.69, 9.17) is 11.6 Å². The van der Waals surface area contributed by atoms with E-state index in [1.165, 1.54) is 0 Å². The van der Waals surface area contributed by atoms with Crippen molar-refractivity contribution in [2.75, 3.05) is 0 Å². The van der Waals surface area contributed by atoms with Gasteiger partial charge in [-0.05, 0) is 32.9 Å². The summed E-state index contributed by atoms with van der Waals surface area (Å²) in [5.41, 5.74) is -1.55. The number of ketones is 1. The molecule has 0 spiro atoms. The molecule has 0 heterocycles. The van der Waals surface area contributed by atoms with Gasteiger partial charge < -0.3 is 0 Å². The van der Waals surface area contributed by atoms with Crippen LogP contribution in [-0.4, -0.2) is 19.7 Å². The highest BCUT2D eigenvalue weighted by atomic mass is 35.5. The summed E-state index contributed by atoms with van der Waals surface area (Å²) in [4.78, 5) is 11.8. The summed E-state index contributed by atoms with van der Waals surface area (Å²) >= 11 is 5.91. The van der Waals surface area contributed by atoms with E-state index in [1.807, 2.05) is 0 Å². The van der Waals surface area contributed by atoms with Gasteiger partial charge in [-0.2, -0.15) is 0 Å². The highest BCUT2D eigenvalue weighted by Crippen LogP contribution is 2.30. The third-order valence-corrected chi connectivity index (χ3v) is 4.76. The van der Waals surface area contributed by atoms with Gasteiger partial charge in [0.1, 0.15) is 10.7 Å². The fraction of sp³-hybridized carbons (Fsp3) is 0.533. The maximum Gasteiger partial charge on any atom is 0.243 e. The second kappa shape index (κ2) is 5.91. The summed E-state index contributed by atoms with van der Waals surface area (Å²) in [5.74, 6) is -1.35. The third-order valence-electron chi connectivity index (χ3n) is 2.68. The molecule has 0 aliphatic rings. The Bertz CT molecular complexity index is 701. The number of carbonyl (C=O) groups is 1. The summed E-state index contributed by atoms with van der Waals surface area (Å²) in [6.45, 7) is 9.95. The first kappa shape index (κ1) is 19.1. The van der Waals surface area contributed by atoms with Crippen LogP contribution in [0.1, 0.15) is 51.9 Å². The van der Waals surface area contributed by atoms with Crippen LogP contribution in [-0.2, 0) is 10.0 Å². The van der Waals surface area contributed by atoms with Crippen LogP contribution < -0.4 is 4.72 Å². The van der Waals surface area contributed by atoms with Gasteiger partial charge in [-0.1, -0.05) is 32.4 Å².